The maximum Gasteiger partial charge on any atom is -0.0348 e. The fraction of sp³-hybridized carbons (Fsp3) is 0.600. The monoisotopic (exact) mass is 138 g/mol. The molecule has 0 radical (unpaired) electrons. The summed E-state index contributed by atoms with van der Waals surface area (Å²) in [6.07, 6.45) is 9.48. The third-order valence-electron chi connectivity index (χ3n) is 1.38. The standard InChI is InChI=1S/C10H18/c1-4-5-6-7-8-9-10(2)3/h8-9H,2,4-7H2,1,3H3/b9-8+. The molecular weight excluding hydrogens is 120 g/mol. The van der Waals surface area contributed by atoms with Crippen molar-refractivity contribution >= 4 is 0 Å². The van der Waals surface area contributed by atoms with Crippen molar-refractivity contribution in [1.29, 1.82) is 0 Å². The van der Waals surface area contributed by atoms with Crippen molar-refractivity contribution in [3.05, 3.63) is 24.3 Å². The van der Waals surface area contributed by atoms with Crippen molar-refractivity contribution in [2.75, 3.05) is 0 Å². The van der Waals surface area contributed by atoms with Gasteiger partial charge in [0.15, 0.2) is 0 Å². The molecule has 0 aliphatic carbocycles. The van der Waals surface area contributed by atoms with Gasteiger partial charge >= 0.3 is 0 Å². The molecule has 0 saturated carbocycles. The van der Waals surface area contributed by atoms with Gasteiger partial charge in [-0.2, -0.15) is 0 Å². The molecule has 58 valence electrons. The minimum absolute atomic E-state index is 1.15. The van der Waals surface area contributed by atoms with Crippen LogP contribution in [0.2, 0.25) is 0 Å². The molecule has 0 bridgehead atoms. The molecule has 0 fully saturated rings. The van der Waals surface area contributed by atoms with Crippen LogP contribution in [0.15, 0.2) is 24.3 Å². The Kier molecular flexibility index (Phi) is 6.25. The van der Waals surface area contributed by atoms with Gasteiger partial charge in [-0.25, -0.2) is 0 Å². The first kappa shape index (κ1) is 9.48. The van der Waals surface area contributed by atoms with Crippen LogP contribution in [0.5, 0.6) is 0 Å². The van der Waals surface area contributed by atoms with E-state index >= 15 is 0 Å². The second kappa shape index (κ2) is 6.60. The molecule has 0 aliphatic rings. The molecule has 0 aromatic carbocycles. The van der Waals surface area contributed by atoms with Crippen molar-refractivity contribution in [3.8, 4) is 0 Å². The van der Waals surface area contributed by atoms with Crippen LogP contribution in [0.3, 0.4) is 0 Å². The molecule has 0 heterocycles. The lowest BCUT2D eigenvalue weighted by Crippen LogP contribution is -1.70. The molecular formula is C10H18. The molecule has 0 heteroatoms. The minimum atomic E-state index is 1.15. The number of hydrogen-bond donors (Lipinski definition) is 0. The predicted octanol–water partition coefficient (Wildman–Crippen LogP) is 3.70. The molecule has 0 saturated heterocycles. The smallest absolute Gasteiger partial charge is 0.0348 e. The van der Waals surface area contributed by atoms with E-state index in [0.29, 0.717) is 0 Å². The Balaban J connectivity index is 3.10. The lowest BCUT2D eigenvalue weighted by molar-refractivity contribution is 0.729. The second-order valence-corrected chi connectivity index (χ2v) is 2.74. The molecule has 0 amide bonds. The van der Waals surface area contributed by atoms with Crippen LogP contribution < -0.4 is 0 Å². The zero-order valence-electron chi connectivity index (χ0n) is 7.19. The van der Waals surface area contributed by atoms with Crippen LogP contribution >= 0.6 is 0 Å². The zero-order valence-corrected chi connectivity index (χ0v) is 7.19. The number of rotatable bonds is 5. The number of unbranched alkanes of at least 4 members (excludes halogenated alkanes) is 3. The molecule has 0 aliphatic heterocycles. The highest BCUT2D eigenvalue weighted by molar-refractivity contribution is 5.10. The molecule has 0 rings (SSSR count). The number of allylic oxidation sites excluding steroid dienone is 3. The maximum absolute atomic E-state index is 3.79. The van der Waals surface area contributed by atoms with Gasteiger partial charge in [-0.3, -0.25) is 0 Å². The first-order valence-corrected chi connectivity index (χ1v) is 4.09. The largest absolute Gasteiger partial charge is 0.0961 e. The van der Waals surface area contributed by atoms with Crippen molar-refractivity contribution in [1.82, 2.24) is 0 Å². The lowest BCUT2D eigenvalue weighted by Gasteiger charge is -1.90. The van der Waals surface area contributed by atoms with E-state index < -0.39 is 0 Å². The Bertz CT molecular complexity index is 109. The van der Waals surface area contributed by atoms with E-state index in [1.165, 1.54) is 25.7 Å². The van der Waals surface area contributed by atoms with Crippen LogP contribution in [0, 0.1) is 0 Å². The molecule has 0 unspecified atom stereocenters. The summed E-state index contributed by atoms with van der Waals surface area (Å²) in [5.74, 6) is 0. The summed E-state index contributed by atoms with van der Waals surface area (Å²) >= 11 is 0. The van der Waals surface area contributed by atoms with Gasteiger partial charge in [0.1, 0.15) is 0 Å². The molecule has 0 nitrogen and oxygen atoms in total. The van der Waals surface area contributed by atoms with E-state index in [1.54, 1.807) is 0 Å². The van der Waals surface area contributed by atoms with Crippen LogP contribution in [-0.4, -0.2) is 0 Å². The number of hydrogen-bond acceptors (Lipinski definition) is 0. The summed E-state index contributed by atoms with van der Waals surface area (Å²) in [4.78, 5) is 0. The summed E-state index contributed by atoms with van der Waals surface area (Å²) in [6.45, 7) is 8.03. The SMILES string of the molecule is C=C(C)/C=C/CCCCC. The summed E-state index contributed by atoms with van der Waals surface area (Å²) < 4.78 is 0. The molecule has 0 aromatic rings. The van der Waals surface area contributed by atoms with Crippen LogP contribution in [0.1, 0.15) is 39.5 Å². The molecule has 0 spiro atoms. The van der Waals surface area contributed by atoms with Gasteiger partial charge in [-0.1, -0.05) is 44.1 Å². The Morgan fingerprint density at radius 3 is 2.60 bits per heavy atom. The highest BCUT2D eigenvalue weighted by atomic mass is 13.9. The van der Waals surface area contributed by atoms with Gasteiger partial charge in [0, 0.05) is 0 Å². The lowest BCUT2D eigenvalue weighted by atomic mass is 10.2. The average Bonchev–Trinajstić information content (AvgIpc) is 1.87. The van der Waals surface area contributed by atoms with E-state index in [2.05, 4.69) is 25.7 Å². The Morgan fingerprint density at radius 2 is 2.10 bits per heavy atom. The molecule has 0 aromatic heterocycles. The first-order valence-electron chi connectivity index (χ1n) is 4.09. The van der Waals surface area contributed by atoms with Gasteiger partial charge < -0.3 is 0 Å². The van der Waals surface area contributed by atoms with Crippen molar-refractivity contribution < 1.29 is 0 Å². The van der Waals surface area contributed by atoms with Gasteiger partial charge in [-0.05, 0) is 19.8 Å². The average molecular weight is 138 g/mol. The zero-order chi connectivity index (χ0) is 7.82. The van der Waals surface area contributed by atoms with E-state index in [4.69, 9.17) is 0 Å². The van der Waals surface area contributed by atoms with Gasteiger partial charge in [0.25, 0.3) is 0 Å². The first-order chi connectivity index (χ1) is 4.77. The van der Waals surface area contributed by atoms with Crippen LogP contribution in [0.25, 0.3) is 0 Å². The van der Waals surface area contributed by atoms with Gasteiger partial charge in [0.05, 0.1) is 0 Å². The summed E-state index contributed by atoms with van der Waals surface area (Å²) in [7, 11) is 0. The Labute approximate surface area is 64.6 Å². The van der Waals surface area contributed by atoms with Crippen molar-refractivity contribution in [2.45, 2.75) is 39.5 Å². The maximum atomic E-state index is 3.79. The molecule has 0 atom stereocenters. The fourth-order valence-corrected chi connectivity index (χ4v) is 0.797. The van der Waals surface area contributed by atoms with Crippen molar-refractivity contribution in [3.63, 3.8) is 0 Å². The van der Waals surface area contributed by atoms with Crippen LogP contribution in [0.4, 0.5) is 0 Å². The Morgan fingerprint density at radius 1 is 1.40 bits per heavy atom. The fourth-order valence-electron chi connectivity index (χ4n) is 0.797. The van der Waals surface area contributed by atoms with E-state index in [1.807, 2.05) is 6.92 Å². The predicted molar refractivity (Wildman–Crippen MR) is 48.1 cm³/mol. The third-order valence-corrected chi connectivity index (χ3v) is 1.38. The Hall–Kier alpha value is -0.520. The van der Waals surface area contributed by atoms with Gasteiger partial charge in [-0.15, -0.1) is 0 Å². The highest BCUT2D eigenvalue weighted by Crippen LogP contribution is 2.00. The van der Waals surface area contributed by atoms with E-state index in [9.17, 15) is 0 Å². The van der Waals surface area contributed by atoms with E-state index in [0.717, 1.165) is 5.57 Å². The van der Waals surface area contributed by atoms with Crippen LogP contribution in [-0.2, 0) is 0 Å². The summed E-state index contributed by atoms with van der Waals surface area (Å²) in [6, 6.07) is 0. The van der Waals surface area contributed by atoms with E-state index in [-0.39, 0.29) is 0 Å². The molecule has 0 N–H and O–H groups in total. The molecule has 10 heavy (non-hydrogen) atoms. The quantitative estimate of drug-likeness (QED) is 0.401. The second-order valence-electron chi connectivity index (χ2n) is 2.74. The topological polar surface area (TPSA) is 0 Å². The summed E-state index contributed by atoms with van der Waals surface area (Å²) in [5.41, 5.74) is 1.15. The highest BCUT2D eigenvalue weighted by Gasteiger charge is 1.80. The van der Waals surface area contributed by atoms with Crippen molar-refractivity contribution in [2.24, 2.45) is 0 Å². The minimum Gasteiger partial charge on any atom is -0.0961 e. The normalized spacial score (nSPS) is 10.6. The summed E-state index contributed by atoms with van der Waals surface area (Å²) in [5, 5.41) is 0. The third kappa shape index (κ3) is 7.48. The van der Waals surface area contributed by atoms with Gasteiger partial charge in [0.2, 0.25) is 0 Å².